The second-order valence-corrected chi connectivity index (χ2v) is 4.04. The SMILES string of the molecule is C=CCCN1CC(=O)NC(C)(CC)C1=O. The number of piperazine rings is 1. The number of hydrogen-bond donors (Lipinski definition) is 1. The predicted molar refractivity (Wildman–Crippen MR) is 58.2 cm³/mol. The fourth-order valence-corrected chi connectivity index (χ4v) is 1.66. The number of carbonyl (C=O) groups is 2. The van der Waals surface area contributed by atoms with Crippen LogP contribution >= 0.6 is 0 Å². The van der Waals surface area contributed by atoms with Gasteiger partial charge in [0, 0.05) is 6.54 Å². The highest BCUT2D eigenvalue weighted by atomic mass is 16.2. The molecule has 0 radical (unpaired) electrons. The first-order chi connectivity index (χ1) is 7.03. The normalized spacial score (nSPS) is 26.4. The minimum absolute atomic E-state index is 0.00597. The Morgan fingerprint density at radius 2 is 2.27 bits per heavy atom. The van der Waals surface area contributed by atoms with E-state index < -0.39 is 5.54 Å². The average molecular weight is 210 g/mol. The Hall–Kier alpha value is -1.32. The zero-order valence-corrected chi connectivity index (χ0v) is 9.38. The molecule has 1 rings (SSSR count). The topological polar surface area (TPSA) is 49.4 Å². The average Bonchev–Trinajstić information content (AvgIpc) is 2.21. The van der Waals surface area contributed by atoms with Crippen molar-refractivity contribution in [3.05, 3.63) is 12.7 Å². The van der Waals surface area contributed by atoms with Crippen LogP contribution in [0.3, 0.4) is 0 Å². The number of hydrogen-bond acceptors (Lipinski definition) is 2. The van der Waals surface area contributed by atoms with Crippen LogP contribution in [0.25, 0.3) is 0 Å². The van der Waals surface area contributed by atoms with Gasteiger partial charge in [-0.25, -0.2) is 0 Å². The van der Waals surface area contributed by atoms with E-state index in [4.69, 9.17) is 0 Å². The van der Waals surface area contributed by atoms with Crippen molar-refractivity contribution in [1.29, 1.82) is 0 Å². The Morgan fingerprint density at radius 3 is 2.80 bits per heavy atom. The molecular weight excluding hydrogens is 192 g/mol. The third kappa shape index (κ3) is 2.37. The molecule has 0 aromatic carbocycles. The fourth-order valence-electron chi connectivity index (χ4n) is 1.66. The van der Waals surface area contributed by atoms with E-state index in [9.17, 15) is 9.59 Å². The number of carbonyl (C=O) groups excluding carboxylic acids is 2. The first kappa shape index (κ1) is 11.8. The van der Waals surface area contributed by atoms with E-state index in [0.717, 1.165) is 6.42 Å². The van der Waals surface area contributed by atoms with Gasteiger partial charge >= 0.3 is 0 Å². The molecule has 1 unspecified atom stereocenters. The highest BCUT2D eigenvalue weighted by Crippen LogP contribution is 2.17. The molecule has 1 aliphatic rings. The lowest BCUT2D eigenvalue weighted by atomic mass is 9.94. The van der Waals surface area contributed by atoms with Gasteiger partial charge in [-0.3, -0.25) is 9.59 Å². The third-order valence-electron chi connectivity index (χ3n) is 2.82. The lowest BCUT2D eigenvalue weighted by Crippen LogP contribution is -2.65. The van der Waals surface area contributed by atoms with Crippen LogP contribution < -0.4 is 5.32 Å². The molecule has 0 spiro atoms. The van der Waals surface area contributed by atoms with E-state index in [1.54, 1.807) is 17.9 Å². The van der Waals surface area contributed by atoms with Crippen molar-refractivity contribution in [2.24, 2.45) is 0 Å². The largest absolute Gasteiger partial charge is 0.340 e. The summed E-state index contributed by atoms with van der Waals surface area (Å²) in [7, 11) is 0. The zero-order valence-electron chi connectivity index (χ0n) is 9.38. The second kappa shape index (κ2) is 4.47. The van der Waals surface area contributed by atoms with Crippen molar-refractivity contribution in [3.8, 4) is 0 Å². The first-order valence-corrected chi connectivity index (χ1v) is 5.25. The van der Waals surface area contributed by atoms with E-state index in [2.05, 4.69) is 11.9 Å². The molecule has 1 N–H and O–H groups in total. The van der Waals surface area contributed by atoms with Gasteiger partial charge in [-0.1, -0.05) is 13.0 Å². The number of rotatable bonds is 4. The Morgan fingerprint density at radius 1 is 1.60 bits per heavy atom. The van der Waals surface area contributed by atoms with Crippen LogP contribution in [0.15, 0.2) is 12.7 Å². The van der Waals surface area contributed by atoms with Gasteiger partial charge in [0.1, 0.15) is 5.54 Å². The van der Waals surface area contributed by atoms with E-state index in [1.165, 1.54) is 0 Å². The quantitative estimate of drug-likeness (QED) is 0.694. The molecule has 15 heavy (non-hydrogen) atoms. The summed E-state index contributed by atoms with van der Waals surface area (Å²) in [5.41, 5.74) is -0.726. The molecule has 1 heterocycles. The first-order valence-electron chi connectivity index (χ1n) is 5.25. The number of amides is 2. The van der Waals surface area contributed by atoms with E-state index >= 15 is 0 Å². The van der Waals surface area contributed by atoms with Crippen LogP contribution in [-0.2, 0) is 9.59 Å². The maximum Gasteiger partial charge on any atom is 0.248 e. The summed E-state index contributed by atoms with van der Waals surface area (Å²) in [6, 6.07) is 0. The van der Waals surface area contributed by atoms with Crippen LogP contribution in [0, 0.1) is 0 Å². The van der Waals surface area contributed by atoms with Gasteiger partial charge in [0.25, 0.3) is 0 Å². The number of nitrogens with zero attached hydrogens (tertiary/aromatic N) is 1. The van der Waals surface area contributed by atoms with Crippen molar-refractivity contribution in [1.82, 2.24) is 10.2 Å². The molecule has 1 fully saturated rings. The van der Waals surface area contributed by atoms with Crippen LogP contribution in [0.5, 0.6) is 0 Å². The minimum Gasteiger partial charge on any atom is -0.340 e. The summed E-state index contributed by atoms with van der Waals surface area (Å²) in [6.45, 7) is 8.02. The standard InChI is InChI=1S/C11H18N2O2/c1-4-6-7-13-8-9(14)12-11(3,5-2)10(13)15/h4H,1,5-8H2,2-3H3,(H,12,14). The Bertz CT molecular complexity index is 288. The van der Waals surface area contributed by atoms with Crippen molar-refractivity contribution in [2.75, 3.05) is 13.1 Å². The van der Waals surface area contributed by atoms with Gasteiger partial charge in [0.15, 0.2) is 0 Å². The van der Waals surface area contributed by atoms with Gasteiger partial charge in [-0.05, 0) is 19.8 Å². The van der Waals surface area contributed by atoms with Crippen LogP contribution in [0.1, 0.15) is 26.7 Å². The van der Waals surface area contributed by atoms with Gasteiger partial charge in [-0.15, -0.1) is 6.58 Å². The molecule has 1 saturated heterocycles. The van der Waals surface area contributed by atoms with Crippen molar-refractivity contribution >= 4 is 11.8 Å². The molecule has 84 valence electrons. The smallest absolute Gasteiger partial charge is 0.248 e. The monoisotopic (exact) mass is 210 g/mol. The van der Waals surface area contributed by atoms with E-state index in [1.807, 2.05) is 6.92 Å². The van der Waals surface area contributed by atoms with Gasteiger partial charge in [0.05, 0.1) is 6.54 Å². The van der Waals surface area contributed by atoms with Gasteiger partial charge in [-0.2, -0.15) is 0 Å². The molecule has 0 saturated carbocycles. The maximum atomic E-state index is 12.0. The van der Waals surface area contributed by atoms with E-state index in [0.29, 0.717) is 13.0 Å². The fraction of sp³-hybridized carbons (Fsp3) is 0.636. The molecule has 4 nitrogen and oxygen atoms in total. The Kier molecular flexibility index (Phi) is 3.50. The van der Waals surface area contributed by atoms with Crippen LogP contribution in [-0.4, -0.2) is 35.3 Å². The van der Waals surface area contributed by atoms with Crippen LogP contribution in [0.2, 0.25) is 0 Å². The van der Waals surface area contributed by atoms with Crippen LogP contribution in [0.4, 0.5) is 0 Å². The minimum atomic E-state index is -0.726. The molecule has 1 aliphatic heterocycles. The van der Waals surface area contributed by atoms with Gasteiger partial charge < -0.3 is 10.2 Å². The summed E-state index contributed by atoms with van der Waals surface area (Å²) < 4.78 is 0. The summed E-state index contributed by atoms with van der Waals surface area (Å²) in [6.07, 6.45) is 3.09. The Balaban J connectivity index is 2.76. The van der Waals surface area contributed by atoms with Crippen molar-refractivity contribution < 1.29 is 9.59 Å². The molecule has 0 aromatic heterocycles. The highest BCUT2D eigenvalue weighted by molar-refractivity contribution is 5.97. The van der Waals surface area contributed by atoms with E-state index in [-0.39, 0.29) is 18.4 Å². The highest BCUT2D eigenvalue weighted by Gasteiger charge is 2.40. The molecule has 0 aliphatic carbocycles. The number of nitrogens with one attached hydrogen (secondary N) is 1. The summed E-state index contributed by atoms with van der Waals surface area (Å²) in [5, 5.41) is 2.74. The molecular formula is C11H18N2O2. The summed E-state index contributed by atoms with van der Waals surface area (Å²) >= 11 is 0. The predicted octanol–water partition coefficient (Wildman–Crippen LogP) is 0.690. The Labute approximate surface area is 90.3 Å². The molecule has 4 heteroatoms. The molecule has 1 atom stereocenters. The maximum absolute atomic E-state index is 12.0. The molecule has 2 amide bonds. The lowest BCUT2D eigenvalue weighted by molar-refractivity contribution is -0.149. The van der Waals surface area contributed by atoms with Crippen molar-refractivity contribution in [3.63, 3.8) is 0 Å². The second-order valence-electron chi connectivity index (χ2n) is 4.04. The van der Waals surface area contributed by atoms with Crippen molar-refractivity contribution in [2.45, 2.75) is 32.2 Å². The lowest BCUT2D eigenvalue weighted by Gasteiger charge is -2.39. The summed E-state index contributed by atoms with van der Waals surface area (Å²) in [4.78, 5) is 25.0. The molecule has 0 aromatic rings. The zero-order chi connectivity index (χ0) is 11.5. The van der Waals surface area contributed by atoms with Gasteiger partial charge in [0.2, 0.25) is 11.8 Å². The summed E-state index contributed by atoms with van der Waals surface area (Å²) in [5.74, 6) is -0.0746. The molecule has 0 bridgehead atoms. The third-order valence-corrected chi connectivity index (χ3v) is 2.82.